The van der Waals surface area contributed by atoms with Crippen molar-refractivity contribution in [2.75, 3.05) is 6.54 Å². The fourth-order valence-corrected chi connectivity index (χ4v) is 2.41. The summed E-state index contributed by atoms with van der Waals surface area (Å²) < 4.78 is 1.80. The molecule has 1 aliphatic rings. The summed E-state index contributed by atoms with van der Waals surface area (Å²) in [4.78, 5) is 12.0. The summed E-state index contributed by atoms with van der Waals surface area (Å²) in [5.74, 6) is 0.112. The van der Waals surface area contributed by atoms with Crippen molar-refractivity contribution in [1.29, 1.82) is 0 Å². The van der Waals surface area contributed by atoms with Crippen molar-refractivity contribution in [3.05, 3.63) is 17.5 Å². The second-order valence-corrected chi connectivity index (χ2v) is 4.85. The largest absolute Gasteiger partial charge is 0.351 e. The minimum atomic E-state index is -0.0134. The molecule has 5 nitrogen and oxygen atoms in total. The van der Waals surface area contributed by atoms with Crippen molar-refractivity contribution in [3.8, 4) is 0 Å². The Morgan fingerprint density at radius 3 is 3.00 bits per heavy atom. The smallest absolute Gasteiger partial charge is 0.237 e. The van der Waals surface area contributed by atoms with Gasteiger partial charge in [0.05, 0.1) is 11.7 Å². The van der Waals surface area contributed by atoms with Crippen molar-refractivity contribution in [1.82, 2.24) is 20.4 Å². The highest BCUT2D eigenvalue weighted by Gasteiger charge is 2.20. The van der Waals surface area contributed by atoms with Crippen LogP contribution in [-0.2, 0) is 24.8 Å². The molecule has 2 heterocycles. The molecule has 1 fully saturated rings. The second kappa shape index (κ2) is 7.50. The summed E-state index contributed by atoms with van der Waals surface area (Å²) in [6, 6.07) is -0.0134. The van der Waals surface area contributed by atoms with Crippen LogP contribution in [0.25, 0.3) is 0 Å². The fraction of sp³-hybridized carbons (Fsp3) is 0.692. The van der Waals surface area contributed by atoms with Crippen LogP contribution in [0.1, 0.15) is 37.4 Å². The highest BCUT2D eigenvalue weighted by Crippen LogP contribution is 2.09. The molecule has 0 aromatic carbocycles. The number of aromatic nitrogens is 2. The first-order chi connectivity index (χ1) is 8.70. The highest BCUT2D eigenvalue weighted by atomic mass is 35.5. The Bertz CT molecular complexity index is 413. The number of hydrogen-bond donors (Lipinski definition) is 2. The third-order valence-electron chi connectivity index (χ3n) is 3.41. The zero-order valence-electron chi connectivity index (χ0n) is 11.6. The quantitative estimate of drug-likeness (QED) is 0.873. The minimum Gasteiger partial charge on any atom is -0.351 e. The van der Waals surface area contributed by atoms with Crippen molar-refractivity contribution >= 4 is 18.3 Å². The van der Waals surface area contributed by atoms with E-state index in [4.69, 9.17) is 0 Å². The standard InChI is InChI=1S/C13H22N4O.ClH/c1-3-11-10(9-17(2)16-11)8-15-13(18)12-6-4-5-7-14-12;/h9,12,14H,3-8H2,1-2H3,(H,15,18);1H/t12-;/m0./s1. The molecule has 1 saturated heterocycles. The lowest BCUT2D eigenvalue weighted by Gasteiger charge is -2.22. The van der Waals surface area contributed by atoms with Gasteiger partial charge in [-0.15, -0.1) is 12.4 Å². The van der Waals surface area contributed by atoms with Crippen LogP contribution in [0.15, 0.2) is 6.20 Å². The topological polar surface area (TPSA) is 59.0 Å². The molecule has 0 saturated carbocycles. The van der Waals surface area contributed by atoms with E-state index in [1.165, 1.54) is 6.42 Å². The maximum atomic E-state index is 12.0. The zero-order chi connectivity index (χ0) is 13.0. The van der Waals surface area contributed by atoms with Gasteiger partial charge in [-0.2, -0.15) is 5.10 Å². The van der Waals surface area contributed by atoms with E-state index in [2.05, 4.69) is 22.7 Å². The van der Waals surface area contributed by atoms with E-state index < -0.39 is 0 Å². The Balaban J connectivity index is 0.00000180. The molecular weight excluding hydrogens is 264 g/mol. The maximum Gasteiger partial charge on any atom is 0.237 e. The van der Waals surface area contributed by atoms with Gasteiger partial charge in [-0.1, -0.05) is 13.3 Å². The van der Waals surface area contributed by atoms with Gasteiger partial charge in [-0.3, -0.25) is 9.48 Å². The van der Waals surface area contributed by atoms with E-state index in [-0.39, 0.29) is 24.4 Å². The Kier molecular flexibility index (Phi) is 6.31. The summed E-state index contributed by atoms with van der Waals surface area (Å²) in [6.45, 7) is 3.61. The van der Waals surface area contributed by atoms with Crippen LogP contribution in [0, 0.1) is 0 Å². The number of piperidine rings is 1. The molecule has 0 bridgehead atoms. The Morgan fingerprint density at radius 2 is 2.37 bits per heavy atom. The summed E-state index contributed by atoms with van der Waals surface area (Å²) in [5, 5.41) is 10.6. The van der Waals surface area contributed by atoms with E-state index in [1.54, 1.807) is 4.68 Å². The molecule has 2 N–H and O–H groups in total. The third-order valence-corrected chi connectivity index (χ3v) is 3.41. The number of hydrogen-bond acceptors (Lipinski definition) is 3. The van der Waals surface area contributed by atoms with Crippen LogP contribution in [0.2, 0.25) is 0 Å². The van der Waals surface area contributed by atoms with Gasteiger partial charge in [0.1, 0.15) is 0 Å². The molecule has 108 valence electrons. The molecule has 2 rings (SSSR count). The molecule has 1 aromatic rings. The van der Waals surface area contributed by atoms with E-state index in [0.717, 1.165) is 37.1 Å². The van der Waals surface area contributed by atoms with Gasteiger partial charge in [-0.25, -0.2) is 0 Å². The molecule has 19 heavy (non-hydrogen) atoms. The van der Waals surface area contributed by atoms with Crippen molar-refractivity contribution in [3.63, 3.8) is 0 Å². The van der Waals surface area contributed by atoms with Gasteiger partial charge in [0, 0.05) is 25.4 Å². The zero-order valence-corrected chi connectivity index (χ0v) is 12.4. The number of amides is 1. The molecule has 6 heteroatoms. The first-order valence-electron chi connectivity index (χ1n) is 6.73. The number of halogens is 1. The first kappa shape index (κ1) is 16.0. The van der Waals surface area contributed by atoms with Crippen LogP contribution >= 0.6 is 12.4 Å². The highest BCUT2D eigenvalue weighted by molar-refractivity contribution is 5.85. The molecule has 0 aliphatic carbocycles. The number of rotatable bonds is 4. The number of carbonyl (C=O) groups excluding carboxylic acids is 1. The van der Waals surface area contributed by atoms with Crippen molar-refractivity contribution < 1.29 is 4.79 Å². The van der Waals surface area contributed by atoms with Crippen LogP contribution in [0.5, 0.6) is 0 Å². The molecule has 1 aliphatic heterocycles. The van der Waals surface area contributed by atoms with Crippen molar-refractivity contribution in [2.24, 2.45) is 7.05 Å². The summed E-state index contributed by atoms with van der Waals surface area (Å²) >= 11 is 0. The van der Waals surface area contributed by atoms with Crippen molar-refractivity contribution in [2.45, 2.75) is 45.2 Å². The maximum absolute atomic E-state index is 12.0. The van der Waals surface area contributed by atoms with Crippen LogP contribution in [0.3, 0.4) is 0 Å². The lowest BCUT2D eigenvalue weighted by molar-refractivity contribution is -0.123. The molecule has 1 amide bonds. The van der Waals surface area contributed by atoms with Crippen LogP contribution < -0.4 is 10.6 Å². The van der Waals surface area contributed by atoms with Gasteiger partial charge in [0.15, 0.2) is 0 Å². The molecule has 1 atom stereocenters. The molecule has 0 unspecified atom stereocenters. The van der Waals surface area contributed by atoms with Gasteiger partial charge < -0.3 is 10.6 Å². The molecule has 0 radical (unpaired) electrons. The second-order valence-electron chi connectivity index (χ2n) is 4.85. The Labute approximate surface area is 120 Å². The van der Waals surface area contributed by atoms with E-state index >= 15 is 0 Å². The van der Waals surface area contributed by atoms with Crippen LogP contribution in [0.4, 0.5) is 0 Å². The SMILES string of the molecule is CCc1nn(C)cc1CNC(=O)[C@@H]1CCCCN1.Cl. The Morgan fingerprint density at radius 1 is 1.58 bits per heavy atom. The number of nitrogens with one attached hydrogen (secondary N) is 2. The van der Waals surface area contributed by atoms with Gasteiger partial charge in [0.2, 0.25) is 5.91 Å². The van der Waals surface area contributed by atoms with E-state index in [9.17, 15) is 4.79 Å². The monoisotopic (exact) mass is 286 g/mol. The fourth-order valence-electron chi connectivity index (χ4n) is 2.41. The summed E-state index contributed by atoms with van der Waals surface area (Å²) in [6.07, 6.45) is 6.13. The average molecular weight is 287 g/mol. The minimum absolute atomic E-state index is 0. The Hall–Kier alpha value is -1.07. The normalized spacial score (nSPS) is 18.7. The van der Waals surface area contributed by atoms with Gasteiger partial charge in [0.25, 0.3) is 0 Å². The van der Waals surface area contributed by atoms with Gasteiger partial charge in [-0.05, 0) is 25.8 Å². The summed E-state index contributed by atoms with van der Waals surface area (Å²) in [7, 11) is 1.91. The molecule has 1 aromatic heterocycles. The summed E-state index contributed by atoms with van der Waals surface area (Å²) in [5.41, 5.74) is 2.18. The average Bonchev–Trinajstić information content (AvgIpc) is 2.77. The third kappa shape index (κ3) is 4.21. The predicted octanol–water partition coefficient (Wildman–Crippen LogP) is 1.16. The van der Waals surface area contributed by atoms with E-state index in [0.29, 0.717) is 6.54 Å². The molecular formula is C13H23ClN4O. The van der Waals surface area contributed by atoms with Gasteiger partial charge >= 0.3 is 0 Å². The molecule has 0 spiro atoms. The number of aryl methyl sites for hydroxylation is 2. The lowest BCUT2D eigenvalue weighted by atomic mass is 10.0. The number of nitrogens with zero attached hydrogens (tertiary/aromatic N) is 2. The van der Waals surface area contributed by atoms with Crippen LogP contribution in [-0.4, -0.2) is 28.3 Å². The predicted molar refractivity (Wildman–Crippen MR) is 77.3 cm³/mol. The lowest BCUT2D eigenvalue weighted by Crippen LogP contribution is -2.46. The van der Waals surface area contributed by atoms with E-state index in [1.807, 2.05) is 13.2 Å². The number of carbonyl (C=O) groups is 1. The first-order valence-corrected chi connectivity index (χ1v) is 6.73.